The van der Waals surface area contributed by atoms with Gasteiger partial charge in [-0.05, 0) is 43.2 Å². The van der Waals surface area contributed by atoms with Gasteiger partial charge in [-0.2, -0.15) is 0 Å². The van der Waals surface area contributed by atoms with Gasteiger partial charge in [-0.25, -0.2) is 12.4 Å². The minimum atomic E-state index is -3.95. The predicted molar refractivity (Wildman–Crippen MR) is 122 cm³/mol. The first-order chi connectivity index (χ1) is 14.7. The van der Waals surface area contributed by atoms with Crippen LogP contribution in [0.4, 0.5) is 0 Å². The van der Waals surface area contributed by atoms with Gasteiger partial charge in [0.15, 0.2) is 0 Å². The second kappa shape index (κ2) is 9.32. The van der Waals surface area contributed by atoms with Crippen molar-refractivity contribution >= 4 is 43.1 Å². The van der Waals surface area contributed by atoms with Gasteiger partial charge in [0.1, 0.15) is 6.29 Å². The number of fused-ring (bicyclic) bond motifs is 1. The molecular formula is C22H23BrN2O5S. The second-order valence-electron chi connectivity index (χ2n) is 7.57. The molecule has 0 unspecified atom stereocenters. The number of rotatable bonds is 9. The molecule has 1 heterocycles. The Kier molecular flexibility index (Phi) is 6.96. The molecule has 0 N–H and O–H groups in total. The molecule has 3 aromatic rings. The van der Waals surface area contributed by atoms with Crippen LogP contribution < -0.4 is 0 Å². The van der Waals surface area contributed by atoms with Crippen molar-refractivity contribution in [3.63, 3.8) is 0 Å². The summed E-state index contributed by atoms with van der Waals surface area (Å²) in [5.41, 5.74) is 1.82. The summed E-state index contributed by atoms with van der Waals surface area (Å²) in [5, 5.41) is 12.0. The Morgan fingerprint density at radius 1 is 1.19 bits per heavy atom. The zero-order valence-corrected chi connectivity index (χ0v) is 19.6. The average molecular weight is 507 g/mol. The summed E-state index contributed by atoms with van der Waals surface area (Å²) >= 11 is 3.38. The van der Waals surface area contributed by atoms with Gasteiger partial charge in [0, 0.05) is 26.9 Å². The van der Waals surface area contributed by atoms with Crippen molar-refractivity contribution in [1.29, 1.82) is 0 Å². The summed E-state index contributed by atoms with van der Waals surface area (Å²) < 4.78 is 28.7. The number of benzene rings is 2. The van der Waals surface area contributed by atoms with E-state index in [9.17, 15) is 23.3 Å². The third-order valence-corrected chi connectivity index (χ3v) is 7.58. The molecule has 0 radical (unpaired) electrons. The van der Waals surface area contributed by atoms with E-state index in [0.29, 0.717) is 33.8 Å². The first-order valence-corrected chi connectivity index (χ1v) is 12.1. The van der Waals surface area contributed by atoms with E-state index < -0.39 is 33.3 Å². The first-order valence-electron chi connectivity index (χ1n) is 9.88. The number of aryl methyl sites for hydroxylation is 1. The smallest absolute Gasteiger partial charge is 0.268 e. The molecule has 0 amide bonds. The van der Waals surface area contributed by atoms with Gasteiger partial charge in [-0.3, -0.25) is 10.1 Å². The van der Waals surface area contributed by atoms with Crippen molar-refractivity contribution in [1.82, 2.24) is 3.97 Å². The van der Waals surface area contributed by atoms with E-state index in [0.717, 1.165) is 15.8 Å². The number of hydrogen-bond donors (Lipinski definition) is 0. The van der Waals surface area contributed by atoms with Crippen LogP contribution in [0.1, 0.15) is 36.8 Å². The van der Waals surface area contributed by atoms with Crippen LogP contribution in [0, 0.1) is 23.0 Å². The standard InChI is InChI=1S/C22H23BrN2O5S/c1-3-4-16(14-26)20(13-25(27)28)21-12-24(22-11-17(23)7-10-19(21)22)31(29,30)18-8-5-15(2)6-9-18/h5-12,14,16,20H,3-4,13H2,1-2H3/t16-,20-/m1/s1. The van der Waals surface area contributed by atoms with Crippen molar-refractivity contribution in [2.24, 2.45) is 5.92 Å². The molecule has 9 heteroatoms. The monoisotopic (exact) mass is 506 g/mol. The fraction of sp³-hybridized carbons (Fsp3) is 0.318. The molecule has 0 aliphatic heterocycles. The summed E-state index contributed by atoms with van der Waals surface area (Å²) in [7, 11) is -3.95. The Labute approximate surface area is 189 Å². The third-order valence-electron chi connectivity index (χ3n) is 5.40. The van der Waals surface area contributed by atoms with E-state index in [1.54, 1.807) is 30.3 Å². The van der Waals surface area contributed by atoms with E-state index in [4.69, 9.17) is 0 Å². The minimum absolute atomic E-state index is 0.118. The molecule has 0 saturated heterocycles. The topological polar surface area (TPSA) is 99.3 Å². The zero-order valence-electron chi connectivity index (χ0n) is 17.2. The van der Waals surface area contributed by atoms with Gasteiger partial charge in [-0.15, -0.1) is 0 Å². The van der Waals surface area contributed by atoms with E-state index in [1.165, 1.54) is 18.3 Å². The lowest BCUT2D eigenvalue weighted by Gasteiger charge is -2.18. The number of nitro groups is 1. The Morgan fingerprint density at radius 2 is 1.87 bits per heavy atom. The minimum Gasteiger partial charge on any atom is -0.303 e. The van der Waals surface area contributed by atoms with Gasteiger partial charge in [0.25, 0.3) is 10.0 Å². The maximum Gasteiger partial charge on any atom is 0.268 e. The number of aromatic nitrogens is 1. The predicted octanol–water partition coefficient (Wildman–Crippen LogP) is 4.92. The van der Waals surface area contributed by atoms with E-state index in [-0.39, 0.29) is 4.90 Å². The van der Waals surface area contributed by atoms with Gasteiger partial charge in [-0.1, -0.05) is 53.0 Å². The molecule has 2 aromatic carbocycles. The maximum atomic E-state index is 13.4. The highest BCUT2D eigenvalue weighted by molar-refractivity contribution is 9.10. The van der Waals surface area contributed by atoms with Crippen LogP contribution >= 0.6 is 15.9 Å². The van der Waals surface area contributed by atoms with Crippen LogP contribution in [-0.2, 0) is 14.8 Å². The molecule has 0 saturated carbocycles. The number of aldehydes is 1. The van der Waals surface area contributed by atoms with Crippen LogP contribution in [0.3, 0.4) is 0 Å². The Balaban J connectivity index is 2.27. The molecule has 0 fully saturated rings. The van der Waals surface area contributed by atoms with E-state index >= 15 is 0 Å². The lowest BCUT2D eigenvalue weighted by Crippen LogP contribution is -2.22. The molecule has 1 aromatic heterocycles. The molecular weight excluding hydrogens is 484 g/mol. The van der Waals surface area contributed by atoms with Gasteiger partial charge < -0.3 is 4.79 Å². The van der Waals surface area contributed by atoms with Gasteiger partial charge in [0.2, 0.25) is 6.54 Å². The number of nitrogens with zero attached hydrogens (tertiary/aromatic N) is 2. The van der Waals surface area contributed by atoms with Crippen molar-refractivity contribution < 1.29 is 18.1 Å². The molecule has 7 nitrogen and oxygen atoms in total. The normalized spacial score (nSPS) is 13.8. The Bertz CT molecular complexity index is 1220. The molecule has 0 spiro atoms. The molecule has 2 atom stereocenters. The maximum absolute atomic E-state index is 13.4. The first kappa shape index (κ1) is 23.1. The van der Waals surface area contributed by atoms with Crippen LogP contribution in [-0.4, -0.2) is 30.1 Å². The second-order valence-corrected chi connectivity index (χ2v) is 10.3. The molecule has 0 bridgehead atoms. The molecule has 0 aliphatic rings. The summed E-state index contributed by atoms with van der Waals surface area (Å²) in [6.07, 6.45) is 3.35. The van der Waals surface area contributed by atoms with Crippen LogP contribution in [0.25, 0.3) is 10.9 Å². The number of halogens is 1. The highest BCUT2D eigenvalue weighted by Gasteiger charge is 2.32. The number of hydrogen-bond acceptors (Lipinski definition) is 5. The largest absolute Gasteiger partial charge is 0.303 e. The van der Waals surface area contributed by atoms with Gasteiger partial charge >= 0.3 is 0 Å². The highest BCUT2D eigenvalue weighted by Crippen LogP contribution is 2.36. The lowest BCUT2D eigenvalue weighted by molar-refractivity contribution is -0.484. The number of carbonyl (C=O) groups excluding carboxylic acids is 1. The average Bonchev–Trinajstić information content (AvgIpc) is 3.10. The molecule has 0 aliphatic carbocycles. The zero-order chi connectivity index (χ0) is 22.8. The van der Waals surface area contributed by atoms with Crippen molar-refractivity contribution in [3.8, 4) is 0 Å². The van der Waals surface area contributed by atoms with Crippen molar-refractivity contribution in [2.45, 2.75) is 37.5 Å². The quantitative estimate of drug-likeness (QED) is 0.233. The fourth-order valence-corrected chi connectivity index (χ4v) is 5.56. The SMILES string of the molecule is CCC[C@H](C=O)[C@@H](C[N+](=O)[O-])c1cn(S(=O)(=O)c2ccc(C)cc2)c2cc(Br)ccc12. The Hall–Kier alpha value is -2.52. The van der Waals surface area contributed by atoms with Crippen LogP contribution in [0.5, 0.6) is 0 Å². The summed E-state index contributed by atoms with van der Waals surface area (Å²) in [6.45, 7) is 3.32. The number of carbonyl (C=O) groups is 1. The van der Waals surface area contributed by atoms with Crippen LogP contribution in [0.15, 0.2) is 58.0 Å². The molecule has 31 heavy (non-hydrogen) atoms. The van der Waals surface area contributed by atoms with Crippen molar-refractivity contribution in [2.75, 3.05) is 6.54 Å². The Morgan fingerprint density at radius 3 is 2.45 bits per heavy atom. The van der Waals surface area contributed by atoms with E-state index in [1.807, 2.05) is 13.8 Å². The lowest BCUT2D eigenvalue weighted by atomic mass is 9.84. The summed E-state index contributed by atoms with van der Waals surface area (Å²) in [4.78, 5) is 22.9. The fourth-order valence-electron chi connectivity index (χ4n) is 3.84. The van der Waals surface area contributed by atoms with E-state index in [2.05, 4.69) is 15.9 Å². The molecule has 164 valence electrons. The van der Waals surface area contributed by atoms with Gasteiger partial charge in [0.05, 0.1) is 16.3 Å². The summed E-state index contributed by atoms with van der Waals surface area (Å²) in [6, 6.07) is 11.7. The summed E-state index contributed by atoms with van der Waals surface area (Å²) in [5.74, 6) is -1.31. The van der Waals surface area contributed by atoms with Crippen molar-refractivity contribution in [3.05, 3.63) is 74.4 Å². The van der Waals surface area contributed by atoms with Crippen LogP contribution in [0.2, 0.25) is 0 Å². The highest BCUT2D eigenvalue weighted by atomic mass is 79.9. The molecule has 3 rings (SSSR count). The third kappa shape index (κ3) is 4.72.